The van der Waals surface area contributed by atoms with Crippen molar-refractivity contribution >= 4 is 0 Å². The van der Waals surface area contributed by atoms with Crippen LogP contribution in [-0.4, -0.2) is 11.6 Å². The van der Waals surface area contributed by atoms with E-state index in [0.717, 1.165) is 23.9 Å². The van der Waals surface area contributed by atoms with Gasteiger partial charge in [-0.1, -0.05) is 30.3 Å². The van der Waals surface area contributed by atoms with E-state index >= 15 is 0 Å². The first kappa shape index (κ1) is 12.4. The first-order valence-electron chi connectivity index (χ1n) is 7.01. The molecule has 0 unspecified atom stereocenters. The van der Waals surface area contributed by atoms with Crippen LogP contribution >= 0.6 is 0 Å². The Balaban J connectivity index is 1.80. The minimum absolute atomic E-state index is 0.588. The summed E-state index contributed by atoms with van der Waals surface area (Å²) in [6.45, 7) is 3.31. The highest BCUT2D eigenvalue weighted by Gasteiger charge is 2.22. The van der Waals surface area contributed by atoms with Crippen LogP contribution in [0.4, 0.5) is 0 Å². The van der Waals surface area contributed by atoms with E-state index in [9.17, 15) is 0 Å². The predicted octanol–water partition coefficient (Wildman–Crippen LogP) is 4.16. The first-order chi connectivity index (χ1) is 9.36. The number of nitrogens with zero attached hydrogens (tertiary/aromatic N) is 1. The van der Waals surface area contributed by atoms with Gasteiger partial charge in [-0.3, -0.25) is 4.98 Å². The number of benzene rings is 1. The summed E-state index contributed by atoms with van der Waals surface area (Å²) in [4.78, 5) is 4.65. The lowest BCUT2D eigenvalue weighted by molar-refractivity contribution is 0.131. The van der Waals surface area contributed by atoms with E-state index in [0.29, 0.717) is 6.61 Å². The summed E-state index contributed by atoms with van der Waals surface area (Å²) in [7, 11) is 0. The van der Waals surface area contributed by atoms with Crippen molar-refractivity contribution in [2.24, 2.45) is 0 Å². The second kappa shape index (κ2) is 5.54. The molecule has 0 saturated heterocycles. The van der Waals surface area contributed by atoms with Gasteiger partial charge in [-0.25, -0.2) is 0 Å². The number of hydrogen-bond donors (Lipinski definition) is 0. The molecule has 0 radical (unpaired) electrons. The Labute approximate surface area is 114 Å². The number of ether oxygens (including phenoxy) is 1. The zero-order valence-corrected chi connectivity index (χ0v) is 11.3. The molecule has 2 heteroatoms. The molecule has 0 atom stereocenters. The molecule has 0 amide bonds. The molecule has 1 aliphatic rings. The van der Waals surface area contributed by atoms with Crippen molar-refractivity contribution in [3.63, 3.8) is 0 Å². The van der Waals surface area contributed by atoms with Crippen molar-refractivity contribution in [2.45, 2.75) is 32.3 Å². The van der Waals surface area contributed by atoms with E-state index < -0.39 is 0 Å². The fourth-order valence-corrected chi connectivity index (χ4v) is 2.27. The lowest BCUT2D eigenvalue weighted by Crippen LogP contribution is -1.96. The van der Waals surface area contributed by atoms with Gasteiger partial charge in [0.25, 0.3) is 0 Å². The standard InChI is InChI=1S/C17H19NO/c1-2-19-12-16-4-3-5-17(18-16)15-10-8-14(9-11-15)13-6-7-13/h3-5,8-11,13H,2,6-7,12H2,1H3. The fourth-order valence-electron chi connectivity index (χ4n) is 2.27. The van der Waals surface area contributed by atoms with Crippen LogP contribution < -0.4 is 0 Å². The molecule has 0 aliphatic heterocycles. The minimum atomic E-state index is 0.588. The van der Waals surface area contributed by atoms with Crippen molar-refractivity contribution in [1.82, 2.24) is 4.98 Å². The highest BCUT2D eigenvalue weighted by atomic mass is 16.5. The summed E-state index contributed by atoms with van der Waals surface area (Å²) in [5.41, 5.74) is 4.67. The normalized spacial score (nSPS) is 14.6. The SMILES string of the molecule is CCOCc1cccc(-c2ccc(C3CC3)cc2)n1. The Morgan fingerprint density at radius 2 is 1.89 bits per heavy atom. The van der Waals surface area contributed by atoms with Gasteiger partial charge in [0, 0.05) is 12.2 Å². The molecule has 1 aromatic heterocycles. The maximum absolute atomic E-state index is 5.41. The molecule has 1 saturated carbocycles. The van der Waals surface area contributed by atoms with Crippen LogP contribution in [0.25, 0.3) is 11.3 Å². The van der Waals surface area contributed by atoms with E-state index in [4.69, 9.17) is 4.74 Å². The van der Waals surface area contributed by atoms with Crippen LogP contribution in [0.2, 0.25) is 0 Å². The summed E-state index contributed by atoms with van der Waals surface area (Å²) in [6.07, 6.45) is 2.70. The third-order valence-electron chi connectivity index (χ3n) is 3.52. The van der Waals surface area contributed by atoms with Gasteiger partial charge in [-0.2, -0.15) is 0 Å². The van der Waals surface area contributed by atoms with Crippen LogP contribution in [0, 0.1) is 0 Å². The van der Waals surface area contributed by atoms with Gasteiger partial charge in [0.2, 0.25) is 0 Å². The minimum Gasteiger partial charge on any atom is -0.375 e. The predicted molar refractivity (Wildman–Crippen MR) is 77.0 cm³/mol. The van der Waals surface area contributed by atoms with Crippen LogP contribution in [-0.2, 0) is 11.3 Å². The van der Waals surface area contributed by atoms with Gasteiger partial charge in [-0.05, 0) is 43.4 Å². The molecule has 0 N–H and O–H groups in total. The smallest absolute Gasteiger partial charge is 0.0887 e. The number of rotatable bonds is 5. The highest BCUT2D eigenvalue weighted by Crippen LogP contribution is 2.40. The zero-order chi connectivity index (χ0) is 13.1. The summed E-state index contributed by atoms with van der Waals surface area (Å²) in [5, 5.41) is 0. The molecular weight excluding hydrogens is 234 g/mol. The Bertz CT molecular complexity index is 543. The fraction of sp³-hybridized carbons (Fsp3) is 0.353. The van der Waals surface area contributed by atoms with Gasteiger partial charge in [-0.15, -0.1) is 0 Å². The van der Waals surface area contributed by atoms with E-state index in [1.807, 2.05) is 19.1 Å². The van der Waals surface area contributed by atoms with Crippen LogP contribution in [0.3, 0.4) is 0 Å². The quantitative estimate of drug-likeness (QED) is 0.798. The summed E-state index contributed by atoms with van der Waals surface area (Å²) >= 11 is 0. The first-order valence-corrected chi connectivity index (χ1v) is 7.01. The van der Waals surface area contributed by atoms with E-state index in [1.54, 1.807) is 0 Å². The van der Waals surface area contributed by atoms with Gasteiger partial charge in [0.15, 0.2) is 0 Å². The van der Waals surface area contributed by atoms with Gasteiger partial charge in [0.05, 0.1) is 18.0 Å². The van der Waals surface area contributed by atoms with Crippen molar-refractivity contribution < 1.29 is 4.74 Å². The molecule has 1 heterocycles. The molecule has 0 bridgehead atoms. The molecule has 2 nitrogen and oxygen atoms in total. The molecule has 1 aromatic carbocycles. The molecule has 19 heavy (non-hydrogen) atoms. The van der Waals surface area contributed by atoms with Crippen molar-refractivity contribution in [3.05, 3.63) is 53.7 Å². The third kappa shape index (κ3) is 3.02. The van der Waals surface area contributed by atoms with Crippen LogP contribution in [0.5, 0.6) is 0 Å². The molecule has 1 aliphatic carbocycles. The largest absolute Gasteiger partial charge is 0.375 e. The van der Waals surface area contributed by atoms with Gasteiger partial charge in [0.1, 0.15) is 0 Å². The summed E-state index contributed by atoms with van der Waals surface area (Å²) < 4.78 is 5.41. The summed E-state index contributed by atoms with van der Waals surface area (Å²) in [5.74, 6) is 0.811. The number of hydrogen-bond acceptors (Lipinski definition) is 2. The average molecular weight is 253 g/mol. The topological polar surface area (TPSA) is 22.1 Å². The maximum Gasteiger partial charge on any atom is 0.0887 e. The summed E-state index contributed by atoms with van der Waals surface area (Å²) in [6, 6.07) is 15.0. The number of aromatic nitrogens is 1. The lowest BCUT2D eigenvalue weighted by atomic mass is 10.1. The molecule has 1 fully saturated rings. The monoisotopic (exact) mass is 253 g/mol. The molecule has 3 rings (SSSR count). The Kier molecular flexibility index (Phi) is 3.60. The number of pyridine rings is 1. The Morgan fingerprint density at radius 1 is 1.11 bits per heavy atom. The van der Waals surface area contributed by atoms with Gasteiger partial charge >= 0.3 is 0 Å². The van der Waals surface area contributed by atoms with Crippen molar-refractivity contribution in [1.29, 1.82) is 0 Å². The zero-order valence-electron chi connectivity index (χ0n) is 11.3. The van der Waals surface area contributed by atoms with Crippen molar-refractivity contribution in [3.8, 4) is 11.3 Å². The molecule has 2 aromatic rings. The van der Waals surface area contributed by atoms with Crippen LogP contribution in [0.15, 0.2) is 42.5 Å². The van der Waals surface area contributed by atoms with E-state index in [-0.39, 0.29) is 0 Å². The second-order valence-electron chi connectivity index (χ2n) is 5.05. The molecule has 98 valence electrons. The average Bonchev–Trinajstić information content (AvgIpc) is 3.30. The molecule has 0 spiro atoms. The third-order valence-corrected chi connectivity index (χ3v) is 3.52. The lowest BCUT2D eigenvalue weighted by Gasteiger charge is -2.06. The van der Waals surface area contributed by atoms with Crippen molar-refractivity contribution in [2.75, 3.05) is 6.61 Å². The Hall–Kier alpha value is -1.67. The van der Waals surface area contributed by atoms with E-state index in [1.165, 1.54) is 24.0 Å². The Morgan fingerprint density at radius 3 is 2.58 bits per heavy atom. The molecular formula is C17H19NO. The second-order valence-corrected chi connectivity index (χ2v) is 5.05. The maximum atomic E-state index is 5.41. The highest BCUT2D eigenvalue weighted by molar-refractivity contribution is 5.59. The van der Waals surface area contributed by atoms with E-state index in [2.05, 4.69) is 35.3 Å². The van der Waals surface area contributed by atoms with Crippen LogP contribution in [0.1, 0.15) is 36.9 Å². The van der Waals surface area contributed by atoms with Gasteiger partial charge < -0.3 is 4.74 Å².